The molecule has 0 aliphatic rings. The summed E-state index contributed by atoms with van der Waals surface area (Å²) in [5.74, 6) is 5.22. The highest BCUT2D eigenvalue weighted by Gasteiger charge is 2.12. The molecule has 0 aromatic heterocycles. The van der Waals surface area contributed by atoms with E-state index in [2.05, 4.69) is 5.43 Å². The molecule has 0 aliphatic heterocycles. The van der Waals surface area contributed by atoms with Gasteiger partial charge in [0.2, 0.25) is 0 Å². The fourth-order valence-electron chi connectivity index (χ4n) is 1.38. The number of benzene rings is 1. The van der Waals surface area contributed by atoms with Crippen molar-refractivity contribution in [2.24, 2.45) is 5.84 Å². The molecule has 1 unspecified atom stereocenters. The molecule has 1 aromatic carbocycles. The first kappa shape index (κ1) is 11.1. The molecule has 0 spiro atoms. The summed E-state index contributed by atoms with van der Waals surface area (Å²) < 4.78 is 13.0. The van der Waals surface area contributed by atoms with Gasteiger partial charge in [-0.15, -0.1) is 0 Å². The van der Waals surface area contributed by atoms with Gasteiger partial charge in [-0.25, -0.2) is 9.82 Å². The van der Waals surface area contributed by atoms with Gasteiger partial charge in [0.15, 0.2) is 0 Å². The molecule has 0 heterocycles. The molecule has 0 bridgehead atoms. The molecule has 3 N–H and O–H groups in total. The normalized spacial score (nSPS) is 13.3. The van der Waals surface area contributed by atoms with E-state index in [1.165, 1.54) is 6.07 Å². The molecule has 4 heteroatoms. The molecule has 0 radical (unpaired) electrons. The summed E-state index contributed by atoms with van der Waals surface area (Å²) in [6, 6.07) is 4.98. The maximum Gasteiger partial charge on any atom is 0.126 e. The number of hydrazine groups is 1. The van der Waals surface area contributed by atoms with Crippen LogP contribution in [-0.2, 0) is 0 Å². The number of hydrogen-bond donors (Lipinski definition) is 2. The lowest BCUT2D eigenvalue weighted by Gasteiger charge is -2.23. The molecule has 78 valence electrons. The molecule has 0 fully saturated rings. The smallest absolute Gasteiger partial charge is 0.126 e. The zero-order valence-electron chi connectivity index (χ0n) is 8.71. The maximum absolute atomic E-state index is 13.0. The van der Waals surface area contributed by atoms with E-state index >= 15 is 0 Å². The largest absolute Gasteiger partial charge is 0.289 e. The second kappa shape index (κ2) is 4.50. The number of rotatable bonds is 3. The quantitative estimate of drug-likeness (QED) is 0.434. The van der Waals surface area contributed by atoms with Gasteiger partial charge in [-0.2, -0.15) is 0 Å². The van der Waals surface area contributed by atoms with Crippen LogP contribution in [-0.4, -0.2) is 19.0 Å². The van der Waals surface area contributed by atoms with E-state index in [1.807, 2.05) is 19.0 Å². The highest BCUT2D eigenvalue weighted by molar-refractivity contribution is 5.26. The average Bonchev–Trinajstić information content (AvgIpc) is 2.11. The van der Waals surface area contributed by atoms with Crippen molar-refractivity contribution in [2.75, 3.05) is 14.1 Å². The third-order valence-electron chi connectivity index (χ3n) is 2.17. The van der Waals surface area contributed by atoms with E-state index < -0.39 is 0 Å². The molecule has 0 aliphatic carbocycles. The highest BCUT2D eigenvalue weighted by Crippen LogP contribution is 2.17. The molecule has 0 saturated carbocycles. The van der Waals surface area contributed by atoms with Crippen molar-refractivity contribution in [3.63, 3.8) is 0 Å². The van der Waals surface area contributed by atoms with Gasteiger partial charge < -0.3 is 0 Å². The van der Waals surface area contributed by atoms with Crippen LogP contribution in [0.5, 0.6) is 0 Å². The van der Waals surface area contributed by atoms with Gasteiger partial charge in [-0.3, -0.25) is 10.7 Å². The monoisotopic (exact) mass is 197 g/mol. The van der Waals surface area contributed by atoms with Crippen LogP contribution in [0.15, 0.2) is 18.2 Å². The van der Waals surface area contributed by atoms with Crippen LogP contribution in [0.3, 0.4) is 0 Å². The average molecular weight is 197 g/mol. The lowest BCUT2D eigenvalue weighted by atomic mass is 10.1. The van der Waals surface area contributed by atoms with Gasteiger partial charge in [0.05, 0.1) is 6.17 Å². The second-order valence-electron chi connectivity index (χ2n) is 3.54. The van der Waals surface area contributed by atoms with Crippen molar-refractivity contribution in [3.05, 3.63) is 35.1 Å². The van der Waals surface area contributed by atoms with E-state index in [0.717, 1.165) is 5.56 Å². The first-order valence-electron chi connectivity index (χ1n) is 4.45. The van der Waals surface area contributed by atoms with Crippen molar-refractivity contribution in [3.8, 4) is 0 Å². The summed E-state index contributed by atoms with van der Waals surface area (Å²) in [4.78, 5) is 1.92. The number of hydrogen-bond acceptors (Lipinski definition) is 3. The zero-order chi connectivity index (χ0) is 10.7. The highest BCUT2D eigenvalue weighted by atomic mass is 19.1. The van der Waals surface area contributed by atoms with Crippen molar-refractivity contribution in [2.45, 2.75) is 13.1 Å². The summed E-state index contributed by atoms with van der Waals surface area (Å²) in [6.45, 7) is 1.74. The molecular weight excluding hydrogens is 181 g/mol. The standard InChI is InChI=1S/C10H16FN3/c1-7-6-8(4-5-9(7)11)10(13-12)14(2)3/h4-6,10,13H,12H2,1-3H3. The Bertz CT molecular complexity index is 312. The summed E-state index contributed by atoms with van der Waals surface area (Å²) in [7, 11) is 3.81. The van der Waals surface area contributed by atoms with Crippen molar-refractivity contribution < 1.29 is 4.39 Å². The summed E-state index contributed by atoms with van der Waals surface area (Å²) in [5, 5.41) is 0. The number of nitrogens with zero attached hydrogens (tertiary/aromatic N) is 1. The van der Waals surface area contributed by atoms with E-state index in [9.17, 15) is 4.39 Å². The van der Waals surface area contributed by atoms with E-state index in [0.29, 0.717) is 5.56 Å². The second-order valence-corrected chi connectivity index (χ2v) is 3.54. The number of nitrogens with one attached hydrogen (secondary N) is 1. The summed E-state index contributed by atoms with van der Waals surface area (Å²) >= 11 is 0. The Morgan fingerprint density at radius 3 is 2.50 bits per heavy atom. The van der Waals surface area contributed by atoms with Gasteiger partial charge in [0, 0.05) is 0 Å². The van der Waals surface area contributed by atoms with E-state index in [4.69, 9.17) is 5.84 Å². The van der Waals surface area contributed by atoms with Crippen LogP contribution in [0, 0.1) is 12.7 Å². The fraction of sp³-hybridized carbons (Fsp3) is 0.400. The third-order valence-corrected chi connectivity index (χ3v) is 2.17. The van der Waals surface area contributed by atoms with Gasteiger partial charge in [0.25, 0.3) is 0 Å². The summed E-state index contributed by atoms with van der Waals surface area (Å²) in [6.07, 6.45) is -0.0886. The van der Waals surface area contributed by atoms with Gasteiger partial charge in [-0.1, -0.05) is 12.1 Å². The predicted octanol–water partition coefficient (Wildman–Crippen LogP) is 1.16. The van der Waals surface area contributed by atoms with Crippen LogP contribution in [0.4, 0.5) is 4.39 Å². The minimum Gasteiger partial charge on any atom is -0.289 e. The fourth-order valence-corrected chi connectivity index (χ4v) is 1.38. The zero-order valence-corrected chi connectivity index (χ0v) is 8.71. The molecule has 1 rings (SSSR count). The maximum atomic E-state index is 13.0. The Hall–Kier alpha value is -0.970. The van der Waals surface area contributed by atoms with E-state index in [-0.39, 0.29) is 12.0 Å². The van der Waals surface area contributed by atoms with Crippen LogP contribution < -0.4 is 11.3 Å². The van der Waals surface area contributed by atoms with Crippen LogP contribution in [0.25, 0.3) is 0 Å². The lowest BCUT2D eigenvalue weighted by molar-refractivity contribution is 0.252. The van der Waals surface area contributed by atoms with Gasteiger partial charge in [-0.05, 0) is 38.2 Å². The Labute approximate surface area is 83.7 Å². The van der Waals surface area contributed by atoms with E-state index in [1.54, 1.807) is 19.1 Å². The molecule has 3 nitrogen and oxygen atoms in total. The van der Waals surface area contributed by atoms with Crippen LogP contribution in [0.2, 0.25) is 0 Å². The Kier molecular flexibility index (Phi) is 3.57. The minimum atomic E-state index is -0.191. The van der Waals surface area contributed by atoms with Crippen molar-refractivity contribution >= 4 is 0 Å². The van der Waals surface area contributed by atoms with Gasteiger partial charge >= 0.3 is 0 Å². The van der Waals surface area contributed by atoms with Crippen LogP contribution in [0.1, 0.15) is 17.3 Å². The Morgan fingerprint density at radius 2 is 2.07 bits per heavy atom. The lowest BCUT2D eigenvalue weighted by Crippen LogP contribution is -2.37. The summed E-state index contributed by atoms with van der Waals surface area (Å²) in [5.41, 5.74) is 4.25. The molecule has 1 atom stereocenters. The molecule has 0 saturated heterocycles. The van der Waals surface area contributed by atoms with Crippen molar-refractivity contribution in [1.29, 1.82) is 0 Å². The topological polar surface area (TPSA) is 41.3 Å². The first-order chi connectivity index (χ1) is 6.56. The predicted molar refractivity (Wildman–Crippen MR) is 54.9 cm³/mol. The van der Waals surface area contributed by atoms with Gasteiger partial charge in [0.1, 0.15) is 5.82 Å². The number of nitrogens with two attached hydrogens (primary N) is 1. The SMILES string of the molecule is Cc1cc(C(NN)N(C)C)ccc1F. The number of halogens is 1. The Morgan fingerprint density at radius 1 is 1.43 bits per heavy atom. The number of aryl methyl sites for hydroxylation is 1. The molecule has 0 amide bonds. The molecule has 14 heavy (non-hydrogen) atoms. The van der Waals surface area contributed by atoms with Crippen molar-refractivity contribution in [1.82, 2.24) is 10.3 Å². The molecular formula is C10H16FN3. The molecule has 1 aromatic rings. The minimum absolute atomic E-state index is 0.0886. The third kappa shape index (κ3) is 2.29. The Balaban J connectivity index is 3.00. The van der Waals surface area contributed by atoms with Crippen LogP contribution >= 0.6 is 0 Å². The first-order valence-corrected chi connectivity index (χ1v) is 4.45.